The molecule has 32 heavy (non-hydrogen) atoms. The van der Waals surface area contributed by atoms with Gasteiger partial charge < -0.3 is 4.89 Å². The van der Waals surface area contributed by atoms with Gasteiger partial charge in [-0.2, -0.15) is 0 Å². The van der Waals surface area contributed by atoms with Gasteiger partial charge in [-0.1, -0.05) is 114 Å². The highest BCUT2D eigenvalue weighted by molar-refractivity contribution is 7.38. The molecule has 3 nitrogen and oxygen atoms in total. The Labute approximate surface area is 202 Å². The van der Waals surface area contributed by atoms with Crippen molar-refractivity contribution in [2.45, 2.75) is 148 Å². The SMILES string of the molecule is CCCC=CCCCCCCCCCCCCCCCCC(CCC)([P+](=O)[O-])[N+](C)(C)C. The number of hydrogen-bond donors (Lipinski definition) is 0. The summed E-state index contributed by atoms with van der Waals surface area (Å²) in [5.41, 5.74) is 0. The molecule has 2 unspecified atom stereocenters. The molecule has 2 atom stereocenters. The van der Waals surface area contributed by atoms with E-state index in [1.54, 1.807) is 0 Å². The normalized spacial score (nSPS) is 14.8. The lowest BCUT2D eigenvalue weighted by molar-refractivity contribution is -0.910. The first-order chi connectivity index (χ1) is 15.3. The molecule has 0 fully saturated rings. The van der Waals surface area contributed by atoms with E-state index in [9.17, 15) is 9.46 Å². The molecule has 0 N–H and O–H groups in total. The third-order valence-electron chi connectivity index (χ3n) is 7.06. The van der Waals surface area contributed by atoms with Crippen LogP contribution in [0.4, 0.5) is 0 Å². The number of nitrogens with zero attached hydrogens (tertiary/aromatic N) is 1. The highest BCUT2D eigenvalue weighted by atomic mass is 31.1. The Morgan fingerprint density at radius 3 is 1.41 bits per heavy atom. The number of unbranched alkanes of at least 4 members (excludes halogenated alkanes) is 15. The maximum absolute atomic E-state index is 12.1. The maximum atomic E-state index is 12.1. The molecule has 0 saturated carbocycles. The summed E-state index contributed by atoms with van der Waals surface area (Å²) >= 11 is 0. The predicted molar refractivity (Wildman–Crippen MR) is 141 cm³/mol. The van der Waals surface area contributed by atoms with E-state index in [2.05, 4.69) is 26.0 Å². The molecule has 0 aliphatic rings. The van der Waals surface area contributed by atoms with Crippen LogP contribution in [0.25, 0.3) is 0 Å². The second-order valence-corrected chi connectivity index (χ2v) is 12.1. The molecule has 0 aromatic rings. The summed E-state index contributed by atoms with van der Waals surface area (Å²) in [4.78, 5) is 12.1. The summed E-state index contributed by atoms with van der Waals surface area (Å²) in [6, 6.07) is 0. The van der Waals surface area contributed by atoms with Gasteiger partial charge in [0.05, 0.1) is 21.1 Å². The molecule has 0 rings (SSSR count). The molecule has 4 heteroatoms. The summed E-state index contributed by atoms with van der Waals surface area (Å²) in [7, 11) is 3.69. The molecule has 0 radical (unpaired) electrons. The number of quaternary nitrogens is 1. The van der Waals surface area contributed by atoms with Gasteiger partial charge >= 0.3 is 8.03 Å². The quantitative estimate of drug-likeness (QED) is 0.0647. The second-order valence-electron chi connectivity index (χ2n) is 10.8. The lowest BCUT2D eigenvalue weighted by Crippen LogP contribution is -2.55. The van der Waals surface area contributed by atoms with Crippen molar-refractivity contribution in [3.8, 4) is 0 Å². The molecule has 0 spiro atoms. The molecular formula is C28H57NO2P+. The topological polar surface area (TPSA) is 40.1 Å². The highest BCUT2D eigenvalue weighted by Gasteiger charge is 2.53. The number of rotatable bonds is 23. The molecule has 0 aromatic carbocycles. The molecule has 190 valence electrons. The van der Waals surface area contributed by atoms with Crippen molar-refractivity contribution in [1.82, 2.24) is 0 Å². The van der Waals surface area contributed by atoms with Crippen LogP contribution in [-0.2, 0) is 4.57 Å². The van der Waals surface area contributed by atoms with Gasteiger partial charge in [-0.25, -0.2) is 0 Å². The molecule has 0 aromatic heterocycles. The van der Waals surface area contributed by atoms with Crippen LogP contribution in [-0.4, -0.2) is 30.9 Å². The number of hydrogen-bond acceptors (Lipinski definition) is 2. The largest absolute Gasteiger partial charge is 0.590 e. The Kier molecular flexibility index (Phi) is 20.0. The van der Waals surface area contributed by atoms with Crippen LogP contribution < -0.4 is 4.89 Å². The van der Waals surface area contributed by atoms with E-state index in [-0.39, 0.29) is 0 Å². The van der Waals surface area contributed by atoms with Crippen molar-refractivity contribution in [3.63, 3.8) is 0 Å². The van der Waals surface area contributed by atoms with E-state index in [0.29, 0.717) is 4.48 Å². The molecule has 0 aliphatic heterocycles. The van der Waals surface area contributed by atoms with Crippen molar-refractivity contribution in [1.29, 1.82) is 0 Å². The first-order valence-electron chi connectivity index (χ1n) is 13.9. The van der Waals surface area contributed by atoms with Crippen molar-refractivity contribution < 1.29 is 13.9 Å². The molecule has 0 heterocycles. The summed E-state index contributed by atoms with van der Waals surface area (Å²) in [6.45, 7) is 4.33. The lowest BCUT2D eigenvalue weighted by atomic mass is 9.99. The Morgan fingerprint density at radius 2 is 1.03 bits per heavy atom. The first kappa shape index (κ1) is 31.8. The van der Waals surface area contributed by atoms with Crippen LogP contribution in [0, 0.1) is 0 Å². The third-order valence-corrected chi connectivity index (χ3v) is 8.79. The molecule has 0 amide bonds. The van der Waals surface area contributed by atoms with Gasteiger partial charge in [-0.15, -0.1) is 0 Å². The lowest BCUT2D eigenvalue weighted by Gasteiger charge is -2.39. The minimum absolute atomic E-state index is 0.524. The van der Waals surface area contributed by atoms with Crippen molar-refractivity contribution >= 4 is 8.03 Å². The summed E-state index contributed by atoms with van der Waals surface area (Å²) in [6.07, 6.45) is 29.7. The standard InChI is InChI=1S/C28H57NO2P/c1-6-8-9-10-11-12-13-14-15-16-17-18-19-20-21-22-23-24-25-27-28(26-7-2,32(30)31)29(3,4)5/h9-10H,6-8,11-27H2,1-5H3/q+1. The summed E-state index contributed by atoms with van der Waals surface area (Å²) in [5, 5.41) is -0.588. The first-order valence-corrected chi connectivity index (χ1v) is 15.1. The van der Waals surface area contributed by atoms with E-state index >= 15 is 0 Å². The van der Waals surface area contributed by atoms with E-state index < -0.39 is 13.3 Å². The molecule has 0 saturated heterocycles. The molecule has 0 bridgehead atoms. The fourth-order valence-corrected chi connectivity index (χ4v) is 6.05. The minimum Gasteiger partial charge on any atom is -0.590 e. The highest BCUT2D eigenvalue weighted by Crippen LogP contribution is 2.45. The van der Waals surface area contributed by atoms with Crippen molar-refractivity contribution in [2.24, 2.45) is 0 Å². The average molecular weight is 471 g/mol. The Balaban J connectivity index is 3.58. The van der Waals surface area contributed by atoms with Gasteiger partial charge in [0.1, 0.15) is 0 Å². The van der Waals surface area contributed by atoms with Gasteiger partial charge in [0, 0.05) is 12.8 Å². The van der Waals surface area contributed by atoms with Gasteiger partial charge in [0.25, 0.3) is 5.28 Å². The summed E-state index contributed by atoms with van der Waals surface area (Å²) < 4.78 is 12.6. The van der Waals surface area contributed by atoms with Crippen LogP contribution in [0.5, 0.6) is 0 Å². The van der Waals surface area contributed by atoms with E-state index in [1.165, 1.54) is 103 Å². The van der Waals surface area contributed by atoms with Crippen molar-refractivity contribution in [3.05, 3.63) is 12.2 Å². The van der Waals surface area contributed by atoms with Crippen LogP contribution in [0.2, 0.25) is 0 Å². The van der Waals surface area contributed by atoms with Gasteiger partial charge in [-0.3, -0.25) is 4.48 Å². The predicted octanol–water partition coefficient (Wildman–Crippen LogP) is 8.89. The molecular weight excluding hydrogens is 413 g/mol. The van der Waals surface area contributed by atoms with Gasteiger partial charge in [0.2, 0.25) is 0 Å². The van der Waals surface area contributed by atoms with Crippen LogP contribution in [0.3, 0.4) is 0 Å². The smallest absolute Gasteiger partial charge is 0.376 e. The number of allylic oxidation sites excluding steroid dienone is 2. The zero-order chi connectivity index (χ0) is 24.1. The Bertz CT molecular complexity index is 473. The fourth-order valence-electron chi connectivity index (χ4n) is 4.82. The zero-order valence-electron chi connectivity index (χ0n) is 22.5. The van der Waals surface area contributed by atoms with E-state index in [4.69, 9.17) is 0 Å². The van der Waals surface area contributed by atoms with Gasteiger partial charge in [-0.05, 0) is 32.1 Å². The maximum Gasteiger partial charge on any atom is 0.376 e. The summed E-state index contributed by atoms with van der Waals surface area (Å²) in [5.74, 6) is 0. The van der Waals surface area contributed by atoms with Crippen LogP contribution in [0.1, 0.15) is 142 Å². The van der Waals surface area contributed by atoms with E-state index in [0.717, 1.165) is 25.7 Å². The second kappa shape index (κ2) is 20.2. The minimum atomic E-state index is -2.42. The molecule has 0 aliphatic carbocycles. The average Bonchev–Trinajstić information content (AvgIpc) is 2.73. The third kappa shape index (κ3) is 14.8. The Morgan fingerprint density at radius 1 is 0.625 bits per heavy atom. The zero-order valence-corrected chi connectivity index (χ0v) is 23.4. The van der Waals surface area contributed by atoms with Gasteiger partial charge in [0.15, 0.2) is 0 Å². The van der Waals surface area contributed by atoms with Crippen LogP contribution in [0.15, 0.2) is 12.2 Å². The fraction of sp³-hybridized carbons (Fsp3) is 0.929. The van der Waals surface area contributed by atoms with Crippen LogP contribution >= 0.6 is 8.03 Å². The van der Waals surface area contributed by atoms with Crippen molar-refractivity contribution in [2.75, 3.05) is 21.1 Å². The monoisotopic (exact) mass is 470 g/mol. The Hall–Kier alpha value is -0.240. The van der Waals surface area contributed by atoms with E-state index in [1.807, 2.05) is 21.1 Å².